The highest BCUT2D eigenvalue weighted by atomic mass is 16.6. The molecule has 0 N–H and O–H groups in total. The maximum atomic E-state index is 13.1. The Morgan fingerprint density at radius 2 is 1.74 bits per heavy atom. The van der Waals surface area contributed by atoms with Gasteiger partial charge in [0.05, 0.1) is 4.92 Å². The number of Topliss-reactive ketones (excluding diaryl/α,β-unsaturated/α-hetero) is 1. The van der Waals surface area contributed by atoms with E-state index in [1.54, 1.807) is 0 Å². The number of piperidine rings is 1. The Hall–Kier alpha value is -4.01. The fourth-order valence-electron chi connectivity index (χ4n) is 3.98. The van der Waals surface area contributed by atoms with Crippen molar-refractivity contribution in [1.82, 2.24) is 4.98 Å². The SMILES string of the molecule is CC(C(=O)OCc1ccc([N+](=O)[O-])cc1)C(=O)c1nc(Cc2ccccc2)c(N2CCCCC2)o1. The first kappa shape index (κ1) is 24.1. The Morgan fingerprint density at radius 3 is 2.40 bits per heavy atom. The molecule has 9 heteroatoms. The maximum absolute atomic E-state index is 13.1. The van der Waals surface area contributed by atoms with E-state index in [-0.39, 0.29) is 18.2 Å². The minimum absolute atomic E-state index is 0.0525. The molecule has 2 aromatic carbocycles. The Labute approximate surface area is 202 Å². The van der Waals surface area contributed by atoms with Gasteiger partial charge < -0.3 is 14.1 Å². The summed E-state index contributed by atoms with van der Waals surface area (Å²) in [6, 6.07) is 15.5. The van der Waals surface area contributed by atoms with Crippen molar-refractivity contribution in [2.45, 2.75) is 39.2 Å². The van der Waals surface area contributed by atoms with E-state index in [0.717, 1.165) is 37.9 Å². The van der Waals surface area contributed by atoms with Crippen LogP contribution in [0.25, 0.3) is 0 Å². The van der Waals surface area contributed by atoms with Crippen LogP contribution in [0.4, 0.5) is 11.6 Å². The molecule has 3 aromatic rings. The molecule has 1 unspecified atom stereocenters. The van der Waals surface area contributed by atoms with Crippen molar-refractivity contribution in [3.05, 3.63) is 87.4 Å². The van der Waals surface area contributed by atoms with Crippen LogP contribution in [-0.2, 0) is 22.6 Å². The van der Waals surface area contributed by atoms with E-state index in [2.05, 4.69) is 9.88 Å². The van der Waals surface area contributed by atoms with E-state index >= 15 is 0 Å². The van der Waals surface area contributed by atoms with Crippen molar-refractivity contribution in [2.24, 2.45) is 5.92 Å². The molecule has 0 aliphatic carbocycles. The second-order valence-corrected chi connectivity index (χ2v) is 8.60. The minimum atomic E-state index is -1.11. The van der Waals surface area contributed by atoms with Crippen LogP contribution in [0.2, 0.25) is 0 Å². The summed E-state index contributed by atoms with van der Waals surface area (Å²) in [4.78, 5) is 42.5. The third-order valence-corrected chi connectivity index (χ3v) is 6.02. The first-order valence-corrected chi connectivity index (χ1v) is 11.6. The smallest absolute Gasteiger partial charge is 0.317 e. The molecular weight excluding hydrogens is 450 g/mol. The van der Waals surface area contributed by atoms with Crippen molar-refractivity contribution in [3.8, 4) is 0 Å². The topological polar surface area (TPSA) is 116 Å². The van der Waals surface area contributed by atoms with E-state index in [1.807, 2.05) is 30.3 Å². The monoisotopic (exact) mass is 477 g/mol. The molecule has 9 nitrogen and oxygen atoms in total. The predicted molar refractivity (Wildman–Crippen MR) is 128 cm³/mol. The number of nitro groups is 1. The molecule has 0 spiro atoms. The first-order valence-electron chi connectivity index (χ1n) is 11.6. The number of carbonyl (C=O) groups excluding carboxylic acids is 2. The lowest BCUT2D eigenvalue weighted by molar-refractivity contribution is -0.384. The highest BCUT2D eigenvalue weighted by Crippen LogP contribution is 2.29. The molecule has 1 aliphatic rings. The quantitative estimate of drug-likeness (QED) is 0.143. The van der Waals surface area contributed by atoms with Crippen LogP contribution in [0.1, 0.15) is 53.7 Å². The molecule has 1 fully saturated rings. The van der Waals surface area contributed by atoms with Gasteiger partial charge in [0, 0.05) is 31.6 Å². The normalized spacial score (nSPS) is 14.4. The summed E-state index contributed by atoms with van der Waals surface area (Å²) in [5.74, 6) is -1.88. The highest BCUT2D eigenvalue weighted by molar-refractivity contribution is 6.06. The first-order chi connectivity index (χ1) is 16.9. The van der Waals surface area contributed by atoms with E-state index in [4.69, 9.17) is 9.15 Å². The van der Waals surface area contributed by atoms with Crippen LogP contribution in [0.15, 0.2) is 59.0 Å². The van der Waals surface area contributed by atoms with E-state index in [0.29, 0.717) is 23.6 Å². The summed E-state index contributed by atoms with van der Waals surface area (Å²) < 4.78 is 11.2. The largest absolute Gasteiger partial charge is 0.460 e. The number of aromatic nitrogens is 1. The molecule has 0 amide bonds. The van der Waals surface area contributed by atoms with Crippen molar-refractivity contribution < 1.29 is 23.7 Å². The molecule has 1 saturated heterocycles. The summed E-state index contributed by atoms with van der Waals surface area (Å²) in [7, 11) is 0. The molecule has 35 heavy (non-hydrogen) atoms. The van der Waals surface area contributed by atoms with Crippen LogP contribution >= 0.6 is 0 Å². The van der Waals surface area contributed by atoms with Gasteiger partial charge in [0.15, 0.2) is 0 Å². The van der Waals surface area contributed by atoms with Crippen LogP contribution in [0.3, 0.4) is 0 Å². The lowest BCUT2D eigenvalue weighted by atomic mass is 10.1. The van der Waals surface area contributed by atoms with E-state index in [1.165, 1.54) is 31.2 Å². The number of hydrogen-bond donors (Lipinski definition) is 0. The van der Waals surface area contributed by atoms with Crippen LogP contribution in [-0.4, -0.2) is 34.7 Å². The highest BCUT2D eigenvalue weighted by Gasteiger charge is 2.31. The molecule has 2 heterocycles. The van der Waals surface area contributed by atoms with Gasteiger partial charge in [0.1, 0.15) is 18.2 Å². The number of nitrogens with zero attached hydrogens (tertiary/aromatic N) is 3. The number of hydrogen-bond acceptors (Lipinski definition) is 8. The predicted octanol–water partition coefficient (Wildman–Crippen LogP) is 4.73. The van der Waals surface area contributed by atoms with Crippen molar-refractivity contribution in [3.63, 3.8) is 0 Å². The van der Waals surface area contributed by atoms with Gasteiger partial charge in [-0.05, 0) is 49.4 Å². The summed E-state index contributed by atoms with van der Waals surface area (Å²) in [5, 5.41) is 10.8. The molecular formula is C26H27N3O6. The van der Waals surface area contributed by atoms with Crippen molar-refractivity contribution in [2.75, 3.05) is 18.0 Å². The molecule has 1 aromatic heterocycles. The summed E-state index contributed by atoms with van der Waals surface area (Å²) in [6.07, 6.45) is 3.75. The minimum Gasteiger partial charge on any atom is -0.460 e. The number of nitro benzene ring substituents is 1. The van der Waals surface area contributed by atoms with Crippen molar-refractivity contribution >= 4 is 23.3 Å². The van der Waals surface area contributed by atoms with Crippen LogP contribution in [0, 0.1) is 16.0 Å². The molecule has 4 rings (SSSR count). The molecule has 0 radical (unpaired) electrons. The summed E-state index contributed by atoms with van der Waals surface area (Å²) in [5.41, 5.74) is 2.25. The van der Waals surface area contributed by atoms with E-state index in [9.17, 15) is 19.7 Å². The third kappa shape index (κ3) is 5.92. The number of benzene rings is 2. The molecule has 1 atom stereocenters. The third-order valence-electron chi connectivity index (χ3n) is 6.02. The average Bonchev–Trinajstić information content (AvgIpc) is 3.31. The lowest BCUT2D eigenvalue weighted by Gasteiger charge is -2.26. The number of esters is 1. The number of anilines is 1. The van der Waals surface area contributed by atoms with Gasteiger partial charge in [-0.15, -0.1) is 0 Å². The Balaban J connectivity index is 1.46. The van der Waals surface area contributed by atoms with E-state index < -0.39 is 22.6 Å². The summed E-state index contributed by atoms with van der Waals surface area (Å²) in [6.45, 7) is 3.02. The second-order valence-electron chi connectivity index (χ2n) is 8.60. The zero-order valence-corrected chi connectivity index (χ0v) is 19.5. The van der Waals surface area contributed by atoms with Crippen LogP contribution in [0.5, 0.6) is 0 Å². The summed E-state index contributed by atoms with van der Waals surface area (Å²) >= 11 is 0. The second kappa shape index (κ2) is 10.9. The molecule has 0 saturated carbocycles. The van der Waals surface area contributed by atoms with Gasteiger partial charge in [-0.1, -0.05) is 30.3 Å². The van der Waals surface area contributed by atoms with Crippen LogP contribution < -0.4 is 4.90 Å². The lowest BCUT2D eigenvalue weighted by Crippen LogP contribution is -2.29. The molecule has 182 valence electrons. The van der Waals surface area contributed by atoms with Gasteiger partial charge in [0.2, 0.25) is 11.7 Å². The van der Waals surface area contributed by atoms with Gasteiger partial charge in [-0.3, -0.25) is 19.7 Å². The number of rotatable bonds is 9. The van der Waals surface area contributed by atoms with Gasteiger partial charge in [0.25, 0.3) is 11.6 Å². The van der Waals surface area contributed by atoms with Crippen molar-refractivity contribution in [1.29, 1.82) is 0 Å². The maximum Gasteiger partial charge on any atom is 0.317 e. The zero-order chi connectivity index (χ0) is 24.8. The average molecular weight is 478 g/mol. The number of carbonyl (C=O) groups is 2. The standard InChI is InChI=1S/C26H27N3O6/c1-18(26(31)34-17-20-10-12-21(13-11-20)29(32)33)23(30)24-27-22(16-19-8-4-2-5-9-19)25(35-24)28-14-6-3-7-15-28/h2,4-5,8-13,18H,3,6-7,14-17H2,1H3. The Bertz CT molecular complexity index is 1180. The number of oxazole rings is 1. The Kier molecular flexibility index (Phi) is 7.54. The fourth-order valence-corrected chi connectivity index (χ4v) is 3.98. The molecule has 0 bridgehead atoms. The zero-order valence-electron chi connectivity index (χ0n) is 19.5. The number of ether oxygens (including phenoxy) is 1. The Morgan fingerprint density at radius 1 is 1.06 bits per heavy atom. The molecule has 1 aliphatic heterocycles. The fraction of sp³-hybridized carbons (Fsp3) is 0.346. The van der Waals surface area contributed by atoms with Gasteiger partial charge in [-0.25, -0.2) is 4.98 Å². The number of non-ortho nitro benzene ring substituents is 1. The number of ketones is 1. The van der Waals surface area contributed by atoms with Gasteiger partial charge >= 0.3 is 5.97 Å². The van der Waals surface area contributed by atoms with Gasteiger partial charge in [-0.2, -0.15) is 0 Å².